The SMILES string of the molecule is CCNCCCCCOc1ccc(C)c(C)c1. The third-order valence-electron chi connectivity index (χ3n) is 2.99. The molecule has 0 heterocycles. The highest BCUT2D eigenvalue weighted by Gasteiger charge is 1.97. The van der Waals surface area contributed by atoms with Crippen molar-refractivity contribution in [1.82, 2.24) is 5.32 Å². The van der Waals surface area contributed by atoms with E-state index in [-0.39, 0.29) is 0 Å². The molecule has 1 aromatic rings. The Kier molecular flexibility index (Phi) is 6.71. The van der Waals surface area contributed by atoms with Crippen LogP contribution in [0.1, 0.15) is 37.3 Å². The molecule has 0 bridgehead atoms. The van der Waals surface area contributed by atoms with Gasteiger partial charge in [-0.25, -0.2) is 0 Å². The molecule has 0 aliphatic heterocycles. The largest absolute Gasteiger partial charge is 0.494 e. The fourth-order valence-electron chi connectivity index (χ4n) is 1.70. The molecule has 0 aliphatic carbocycles. The first-order valence-electron chi connectivity index (χ1n) is 6.65. The highest BCUT2D eigenvalue weighted by atomic mass is 16.5. The van der Waals surface area contributed by atoms with Crippen LogP contribution in [0.15, 0.2) is 18.2 Å². The first-order chi connectivity index (χ1) is 8.24. The fraction of sp³-hybridized carbons (Fsp3) is 0.600. The van der Waals surface area contributed by atoms with Crippen molar-refractivity contribution in [2.45, 2.75) is 40.0 Å². The van der Waals surface area contributed by atoms with Crippen LogP contribution in [0, 0.1) is 13.8 Å². The molecule has 0 amide bonds. The number of aryl methyl sites for hydroxylation is 2. The molecule has 0 saturated carbocycles. The molecule has 0 atom stereocenters. The molecule has 1 aromatic carbocycles. The zero-order chi connectivity index (χ0) is 12.5. The van der Waals surface area contributed by atoms with Crippen molar-refractivity contribution in [2.24, 2.45) is 0 Å². The van der Waals surface area contributed by atoms with Gasteiger partial charge in [0, 0.05) is 0 Å². The molecule has 0 spiro atoms. The molecule has 0 saturated heterocycles. The van der Waals surface area contributed by atoms with Gasteiger partial charge < -0.3 is 10.1 Å². The topological polar surface area (TPSA) is 21.3 Å². The Morgan fingerprint density at radius 1 is 1.06 bits per heavy atom. The summed E-state index contributed by atoms with van der Waals surface area (Å²) in [5, 5.41) is 3.33. The Morgan fingerprint density at radius 3 is 2.59 bits per heavy atom. The number of hydrogen-bond acceptors (Lipinski definition) is 2. The van der Waals surface area contributed by atoms with Crippen molar-refractivity contribution in [3.8, 4) is 5.75 Å². The maximum atomic E-state index is 5.73. The number of unbranched alkanes of at least 4 members (excludes halogenated alkanes) is 2. The lowest BCUT2D eigenvalue weighted by molar-refractivity contribution is 0.305. The molecule has 0 fully saturated rings. The van der Waals surface area contributed by atoms with E-state index in [0.29, 0.717) is 0 Å². The first kappa shape index (κ1) is 14.0. The van der Waals surface area contributed by atoms with Gasteiger partial charge in [-0.2, -0.15) is 0 Å². The highest BCUT2D eigenvalue weighted by molar-refractivity contribution is 5.33. The lowest BCUT2D eigenvalue weighted by Crippen LogP contribution is -2.14. The van der Waals surface area contributed by atoms with E-state index in [1.54, 1.807) is 0 Å². The summed E-state index contributed by atoms with van der Waals surface area (Å²) in [5.74, 6) is 1.000. The molecule has 96 valence electrons. The van der Waals surface area contributed by atoms with Crippen LogP contribution in [-0.4, -0.2) is 19.7 Å². The average molecular weight is 235 g/mol. The lowest BCUT2D eigenvalue weighted by atomic mass is 10.1. The Bertz CT molecular complexity index is 323. The maximum Gasteiger partial charge on any atom is 0.119 e. The van der Waals surface area contributed by atoms with E-state index < -0.39 is 0 Å². The summed E-state index contributed by atoms with van der Waals surface area (Å²) >= 11 is 0. The predicted octanol–water partition coefficient (Wildman–Crippen LogP) is 3.46. The quantitative estimate of drug-likeness (QED) is 0.697. The molecular weight excluding hydrogens is 210 g/mol. The predicted molar refractivity (Wildman–Crippen MR) is 73.8 cm³/mol. The summed E-state index contributed by atoms with van der Waals surface area (Å²) in [5.41, 5.74) is 2.62. The van der Waals surface area contributed by atoms with E-state index in [1.165, 1.54) is 24.0 Å². The standard InChI is InChI=1S/C15H25NO/c1-4-16-10-6-5-7-11-17-15-9-8-13(2)14(3)12-15/h8-9,12,16H,4-7,10-11H2,1-3H3. The van der Waals surface area contributed by atoms with Crippen LogP contribution < -0.4 is 10.1 Å². The Hall–Kier alpha value is -1.02. The van der Waals surface area contributed by atoms with E-state index in [9.17, 15) is 0 Å². The summed E-state index contributed by atoms with van der Waals surface area (Å²) in [4.78, 5) is 0. The van der Waals surface area contributed by atoms with Gasteiger partial charge in [-0.05, 0) is 69.5 Å². The second kappa shape index (κ2) is 8.13. The van der Waals surface area contributed by atoms with Gasteiger partial charge in [0.05, 0.1) is 6.61 Å². The molecule has 17 heavy (non-hydrogen) atoms. The van der Waals surface area contributed by atoms with Crippen LogP contribution >= 0.6 is 0 Å². The van der Waals surface area contributed by atoms with E-state index in [2.05, 4.69) is 44.3 Å². The summed E-state index contributed by atoms with van der Waals surface area (Å²) < 4.78 is 5.73. The lowest BCUT2D eigenvalue weighted by Gasteiger charge is -2.08. The Balaban J connectivity index is 2.11. The van der Waals surface area contributed by atoms with E-state index in [0.717, 1.165) is 31.9 Å². The molecule has 2 nitrogen and oxygen atoms in total. The summed E-state index contributed by atoms with van der Waals surface area (Å²) in [7, 11) is 0. The normalized spacial score (nSPS) is 10.5. The van der Waals surface area contributed by atoms with Crippen molar-refractivity contribution in [1.29, 1.82) is 0 Å². The van der Waals surface area contributed by atoms with Crippen molar-refractivity contribution in [2.75, 3.05) is 19.7 Å². The maximum absolute atomic E-state index is 5.73. The van der Waals surface area contributed by atoms with E-state index in [1.807, 2.05) is 0 Å². The van der Waals surface area contributed by atoms with Gasteiger partial charge in [-0.3, -0.25) is 0 Å². The molecule has 0 aromatic heterocycles. The molecule has 1 N–H and O–H groups in total. The average Bonchev–Trinajstić information content (AvgIpc) is 2.32. The van der Waals surface area contributed by atoms with Crippen LogP contribution in [-0.2, 0) is 0 Å². The van der Waals surface area contributed by atoms with Crippen molar-refractivity contribution >= 4 is 0 Å². The van der Waals surface area contributed by atoms with Crippen LogP contribution in [0.4, 0.5) is 0 Å². The molecular formula is C15H25NO. The van der Waals surface area contributed by atoms with Gasteiger partial charge in [0.25, 0.3) is 0 Å². The number of ether oxygens (including phenoxy) is 1. The van der Waals surface area contributed by atoms with E-state index >= 15 is 0 Å². The fourth-order valence-corrected chi connectivity index (χ4v) is 1.70. The first-order valence-corrected chi connectivity index (χ1v) is 6.65. The Morgan fingerprint density at radius 2 is 1.88 bits per heavy atom. The second-order valence-corrected chi connectivity index (χ2v) is 4.51. The van der Waals surface area contributed by atoms with E-state index in [4.69, 9.17) is 4.74 Å². The van der Waals surface area contributed by atoms with Gasteiger partial charge in [0.15, 0.2) is 0 Å². The summed E-state index contributed by atoms with van der Waals surface area (Å²) in [6.07, 6.45) is 3.61. The minimum Gasteiger partial charge on any atom is -0.494 e. The van der Waals surface area contributed by atoms with Gasteiger partial charge in [-0.15, -0.1) is 0 Å². The van der Waals surface area contributed by atoms with Crippen LogP contribution in [0.25, 0.3) is 0 Å². The third kappa shape index (κ3) is 5.73. The zero-order valence-corrected chi connectivity index (χ0v) is 11.4. The second-order valence-electron chi connectivity index (χ2n) is 4.51. The van der Waals surface area contributed by atoms with Crippen molar-refractivity contribution < 1.29 is 4.74 Å². The number of nitrogens with one attached hydrogen (secondary N) is 1. The monoisotopic (exact) mass is 235 g/mol. The van der Waals surface area contributed by atoms with Crippen LogP contribution in [0.2, 0.25) is 0 Å². The molecule has 2 heteroatoms. The summed E-state index contributed by atoms with van der Waals surface area (Å²) in [6.45, 7) is 9.41. The van der Waals surface area contributed by atoms with Crippen molar-refractivity contribution in [3.63, 3.8) is 0 Å². The van der Waals surface area contributed by atoms with Crippen LogP contribution in [0.3, 0.4) is 0 Å². The molecule has 0 radical (unpaired) electrons. The minimum absolute atomic E-state index is 0.828. The van der Waals surface area contributed by atoms with Gasteiger partial charge >= 0.3 is 0 Å². The molecule has 0 aliphatic rings. The van der Waals surface area contributed by atoms with Gasteiger partial charge in [0.2, 0.25) is 0 Å². The summed E-state index contributed by atoms with van der Waals surface area (Å²) in [6, 6.07) is 6.30. The molecule has 1 rings (SSSR count). The Labute approximate surface area is 105 Å². The molecule has 0 unspecified atom stereocenters. The minimum atomic E-state index is 0.828. The highest BCUT2D eigenvalue weighted by Crippen LogP contribution is 2.16. The van der Waals surface area contributed by atoms with Gasteiger partial charge in [-0.1, -0.05) is 13.0 Å². The van der Waals surface area contributed by atoms with Crippen molar-refractivity contribution in [3.05, 3.63) is 29.3 Å². The van der Waals surface area contributed by atoms with Gasteiger partial charge in [0.1, 0.15) is 5.75 Å². The smallest absolute Gasteiger partial charge is 0.119 e. The van der Waals surface area contributed by atoms with Crippen LogP contribution in [0.5, 0.6) is 5.75 Å². The number of hydrogen-bond donors (Lipinski definition) is 1. The third-order valence-corrected chi connectivity index (χ3v) is 2.99. The number of rotatable bonds is 8. The zero-order valence-electron chi connectivity index (χ0n) is 11.4. The number of benzene rings is 1.